The maximum absolute atomic E-state index is 12.3. The van der Waals surface area contributed by atoms with E-state index in [4.69, 9.17) is 14.2 Å². The van der Waals surface area contributed by atoms with E-state index in [0.29, 0.717) is 18.0 Å². The van der Waals surface area contributed by atoms with Crippen molar-refractivity contribution in [3.63, 3.8) is 0 Å². The van der Waals surface area contributed by atoms with Gasteiger partial charge in [0.05, 0.1) is 13.7 Å². The first-order chi connectivity index (χ1) is 10.3. The van der Waals surface area contributed by atoms with E-state index >= 15 is 0 Å². The van der Waals surface area contributed by atoms with Gasteiger partial charge in [-0.05, 0) is 45.0 Å². The van der Waals surface area contributed by atoms with Crippen LogP contribution in [0.25, 0.3) is 0 Å². The third-order valence-electron chi connectivity index (χ3n) is 2.97. The number of esters is 1. The Labute approximate surface area is 129 Å². The number of carbonyl (C=O) groups excluding carboxylic acids is 2. The third kappa shape index (κ3) is 4.46. The summed E-state index contributed by atoms with van der Waals surface area (Å²) in [5.74, 6) is -0.0237. The molecule has 1 aromatic rings. The maximum atomic E-state index is 12.3. The molecule has 22 heavy (non-hydrogen) atoms. The second-order valence-electron chi connectivity index (χ2n) is 6.03. The quantitative estimate of drug-likeness (QED) is 0.612. The van der Waals surface area contributed by atoms with Crippen LogP contribution in [0.3, 0.4) is 0 Å². The number of hydrogen-bond donors (Lipinski definition) is 0. The summed E-state index contributed by atoms with van der Waals surface area (Å²) in [6, 6.07) is 6.92. The fourth-order valence-electron chi connectivity index (χ4n) is 1.93. The van der Waals surface area contributed by atoms with Crippen molar-refractivity contribution in [3.8, 4) is 5.75 Å². The molecular weight excluding hydrogens is 286 g/mol. The Morgan fingerprint density at radius 2 is 1.86 bits per heavy atom. The largest absolute Gasteiger partial charge is 0.497 e. The molecule has 1 aromatic carbocycles. The van der Waals surface area contributed by atoms with Crippen molar-refractivity contribution in [3.05, 3.63) is 24.3 Å². The molecule has 1 aliphatic rings. The average Bonchev–Trinajstić information content (AvgIpc) is 3.27. The number of benzene rings is 1. The molecule has 6 nitrogen and oxygen atoms in total. The van der Waals surface area contributed by atoms with Crippen LogP contribution < -0.4 is 9.64 Å². The fraction of sp³-hybridized carbons (Fsp3) is 0.500. The summed E-state index contributed by atoms with van der Waals surface area (Å²) >= 11 is 0. The summed E-state index contributed by atoms with van der Waals surface area (Å²) in [6.45, 7) is 5.60. The normalized spacial score (nSPS) is 16.8. The van der Waals surface area contributed by atoms with E-state index in [1.165, 1.54) is 4.90 Å². The molecule has 0 spiro atoms. The summed E-state index contributed by atoms with van der Waals surface area (Å²) in [4.78, 5) is 25.7. The number of carbonyl (C=O) groups is 2. The van der Waals surface area contributed by atoms with Crippen molar-refractivity contribution >= 4 is 17.6 Å². The Morgan fingerprint density at radius 1 is 1.27 bits per heavy atom. The monoisotopic (exact) mass is 307 g/mol. The van der Waals surface area contributed by atoms with Crippen molar-refractivity contribution in [2.45, 2.75) is 32.5 Å². The lowest BCUT2D eigenvalue weighted by molar-refractivity contribution is -0.153. The Kier molecular flexibility index (Phi) is 4.71. The lowest BCUT2D eigenvalue weighted by atomic mass is 10.2. The van der Waals surface area contributed by atoms with Crippen LogP contribution in [0.1, 0.15) is 20.8 Å². The minimum Gasteiger partial charge on any atom is -0.497 e. The fourth-order valence-corrected chi connectivity index (χ4v) is 1.93. The molecule has 1 aliphatic heterocycles. The number of epoxide rings is 1. The Hall–Kier alpha value is -2.08. The van der Waals surface area contributed by atoms with Gasteiger partial charge in [-0.3, -0.25) is 14.5 Å². The zero-order valence-corrected chi connectivity index (χ0v) is 13.3. The summed E-state index contributed by atoms with van der Waals surface area (Å²) in [5.41, 5.74) is 0.00840. The molecule has 1 atom stereocenters. The summed E-state index contributed by atoms with van der Waals surface area (Å²) in [5, 5.41) is 0. The first kappa shape index (κ1) is 16.3. The molecule has 1 saturated heterocycles. The Morgan fingerprint density at radius 3 is 2.32 bits per heavy atom. The lowest BCUT2D eigenvalue weighted by Gasteiger charge is -2.25. The van der Waals surface area contributed by atoms with Crippen LogP contribution in [0.5, 0.6) is 5.75 Å². The van der Waals surface area contributed by atoms with Gasteiger partial charge >= 0.3 is 5.97 Å². The summed E-state index contributed by atoms with van der Waals surface area (Å²) in [7, 11) is 1.57. The van der Waals surface area contributed by atoms with Gasteiger partial charge in [-0.15, -0.1) is 0 Å². The highest BCUT2D eigenvalue weighted by Crippen LogP contribution is 2.23. The van der Waals surface area contributed by atoms with E-state index < -0.39 is 17.7 Å². The van der Waals surface area contributed by atoms with Crippen LogP contribution in [0.2, 0.25) is 0 Å². The van der Waals surface area contributed by atoms with Crippen molar-refractivity contribution < 1.29 is 23.8 Å². The second kappa shape index (κ2) is 6.36. The van der Waals surface area contributed by atoms with E-state index in [1.54, 1.807) is 52.1 Å². The number of anilines is 1. The number of ether oxygens (including phenoxy) is 3. The SMILES string of the molecule is COc1ccc(N(CC(=O)OC(C)(C)C)C(=O)[C@H]2CO2)cc1. The van der Waals surface area contributed by atoms with Crippen LogP contribution >= 0.6 is 0 Å². The highest BCUT2D eigenvalue weighted by molar-refractivity contribution is 6.01. The third-order valence-corrected chi connectivity index (χ3v) is 2.97. The van der Waals surface area contributed by atoms with Crippen molar-refractivity contribution in [2.24, 2.45) is 0 Å². The molecule has 1 fully saturated rings. The molecule has 0 unspecified atom stereocenters. The van der Waals surface area contributed by atoms with E-state index in [2.05, 4.69) is 0 Å². The van der Waals surface area contributed by atoms with Gasteiger partial charge < -0.3 is 14.2 Å². The van der Waals surface area contributed by atoms with Crippen molar-refractivity contribution in [2.75, 3.05) is 25.2 Å². The molecule has 120 valence electrons. The predicted octanol–water partition coefficient (Wildman–Crippen LogP) is 1.77. The first-order valence-electron chi connectivity index (χ1n) is 7.09. The molecular formula is C16H21NO5. The Bertz CT molecular complexity index is 543. The molecule has 0 bridgehead atoms. The summed E-state index contributed by atoms with van der Waals surface area (Å²) in [6.07, 6.45) is -0.468. The van der Waals surface area contributed by atoms with Crippen LogP contribution in [0.4, 0.5) is 5.69 Å². The van der Waals surface area contributed by atoms with Gasteiger partial charge in [-0.1, -0.05) is 0 Å². The molecule has 0 aromatic heterocycles. The van der Waals surface area contributed by atoms with E-state index in [-0.39, 0.29) is 12.5 Å². The van der Waals surface area contributed by atoms with Crippen LogP contribution in [0.15, 0.2) is 24.3 Å². The van der Waals surface area contributed by atoms with Gasteiger partial charge in [-0.25, -0.2) is 0 Å². The molecule has 0 saturated carbocycles. The van der Waals surface area contributed by atoms with Gasteiger partial charge in [0.25, 0.3) is 5.91 Å². The second-order valence-corrected chi connectivity index (χ2v) is 6.03. The highest BCUT2D eigenvalue weighted by Gasteiger charge is 2.37. The topological polar surface area (TPSA) is 68.4 Å². The standard InChI is InChI=1S/C16H21NO5/c1-16(2,3)22-14(18)9-17(15(19)13-10-21-13)11-5-7-12(20-4)8-6-11/h5-8,13H,9-10H2,1-4H3/t13-/m1/s1. The zero-order chi connectivity index (χ0) is 16.3. The van der Waals surface area contributed by atoms with Gasteiger partial charge in [-0.2, -0.15) is 0 Å². The van der Waals surface area contributed by atoms with Crippen molar-refractivity contribution in [1.29, 1.82) is 0 Å². The van der Waals surface area contributed by atoms with E-state index in [0.717, 1.165) is 0 Å². The predicted molar refractivity (Wildman–Crippen MR) is 80.9 cm³/mol. The smallest absolute Gasteiger partial charge is 0.326 e. The molecule has 1 amide bonds. The molecule has 0 N–H and O–H groups in total. The average molecular weight is 307 g/mol. The number of amides is 1. The van der Waals surface area contributed by atoms with Gasteiger partial charge in [0.1, 0.15) is 17.9 Å². The zero-order valence-electron chi connectivity index (χ0n) is 13.3. The molecule has 6 heteroatoms. The van der Waals surface area contributed by atoms with Crippen LogP contribution in [-0.2, 0) is 19.1 Å². The number of methoxy groups -OCH3 is 1. The number of nitrogens with zero attached hydrogens (tertiary/aromatic N) is 1. The number of rotatable bonds is 5. The van der Waals surface area contributed by atoms with Gasteiger partial charge in [0.2, 0.25) is 0 Å². The summed E-state index contributed by atoms with van der Waals surface area (Å²) < 4.78 is 15.4. The van der Waals surface area contributed by atoms with E-state index in [9.17, 15) is 9.59 Å². The maximum Gasteiger partial charge on any atom is 0.326 e. The van der Waals surface area contributed by atoms with E-state index in [1.807, 2.05) is 0 Å². The van der Waals surface area contributed by atoms with Crippen LogP contribution in [-0.4, -0.2) is 43.8 Å². The first-order valence-corrected chi connectivity index (χ1v) is 7.09. The van der Waals surface area contributed by atoms with Gasteiger partial charge in [0.15, 0.2) is 6.10 Å². The Balaban J connectivity index is 2.15. The van der Waals surface area contributed by atoms with Crippen molar-refractivity contribution in [1.82, 2.24) is 0 Å². The number of hydrogen-bond acceptors (Lipinski definition) is 5. The molecule has 0 radical (unpaired) electrons. The molecule has 0 aliphatic carbocycles. The van der Waals surface area contributed by atoms with Crippen LogP contribution in [0, 0.1) is 0 Å². The minimum absolute atomic E-state index is 0.151. The molecule has 2 rings (SSSR count). The molecule has 1 heterocycles. The minimum atomic E-state index is -0.595. The lowest BCUT2D eigenvalue weighted by Crippen LogP contribution is -2.41. The van der Waals surface area contributed by atoms with Gasteiger partial charge in [0, 0.05) is 5.69 Å². The highest BCUT2D eigenvalue weighted by atomic mass is 16.6.